The summed E-state index contributed by atoms with van der Waals surface area (Å²) in [5.41, 5.74) is -0.445. The van der Waals surface area contributed by atoms with E-state index in [2.05, 4.69) is 34.9 Å². The normalized spacial score (nSPS) is 14.4. The molecule has 0 aliphatic carbocycles. The SMILES string of the molecule is CCCCCCCC(C)(CCCC)n1nc(Br)c(F)c1F. The summed E-state index contributed by atoms with van der Waals surface area (Å²) in [7, 11) is 0. The van der Waals surface area contributed by atoms with Gasteiger partial charge in [-0.25, -0.2) is 4.68 Å². The molecule has 0 aliphatic heterocycles. The lowest BCUT2D eigenvalue weighted by atomic mass is 9.88. The molecule has 1 rings (SSSR count). The molecule has 1 atom stereocenters. The highest BCUT2D eigenvalue weighted by molar-refractivity contribution is 9.10. The van der Waals surface area contributed by atoms with Gasteiger partial charge in [-0.2, -0.15) is 13.9 Å². The van der Waals surface area contributed by atoms with Crippen molar-refractivity contribution in [1.82, 2.24) is 9.78 Å². The first-order valence-corrected chi connectivity index (χ1v) is 8.85. The molecule has 0 saturated heterocycles. The molecule has 0 aliphatic rings. The van der Waals surface area contributed by atoms with Crippen LogP contribution in [0.5, 0.6) is 0 Å². The topological polar surface area (TPSA) is 17.8 Å². The van der Waals surface area contributed by atoms with Gasteiger partial charge in [0.15, 0.2) is 4.60 Å². The average molecular weight is 365 g/mol. The van der Waals surface area contributed by atoms with E-state index < -0.39 is 17.3 Å². The Kier molecular flexibility index (Phi) is 7.85. The van der Waals surface area contributed by atoms with E-state index in [-0.39, 0.29) is 4.60 Å². The number of hydrogen-bond donors (Lipinski definition) is 0. The van der Waals surface area contributed by atoms with Gasteiger partial charge in [0, 0.05) is 0 Å². The predicted molar refractivity (Wildman–Crippen MR) is 86.4 cm³/mol. The fraction of sp³-hybridized carbons (Fsp3) is 0.812. The fourth-order valence-electron chi connectivity index (χ4n) is 2.72. The first kappa shape index (κ1) is 18.6. The summed E-state index contributed by atoms with van der Waals surface area (Å²) in [5, 5.41) is 4.03. The number of rotatable bonds is 10. The van der Waals surface area contributed by atoms with Crippen LogP contribution < -0.4 is 0 Å². The van der Waals surface area contributed by atoms with Gasteiger partial charge in [0.25, 0.3) is 0 Å². The molecule has 0 spiro atoms. The summed E-state index contributed by atoms with van der Waals surface area (Å²) in [6.07, 6.45) is 9.51. The van der Waals surface area contributed by atoms with Gasteiger partial charge in [0.2, 0.25) is 11.8 Å². The molecule has 1 heterocycles. The van der Waals surface area contributed by atoms with E-state index >= 15 is 0 Å². The third kappa shape index (κ3) is 5.04. The van der Waals surface area contributed by atoms with Gasteiger partial charge >= 0.3 is 0 Å². The van der Waals surface area contributed by atoms with E-state index in [1.807, 2.05) is 6.92 Å². The summed E-state index contributed by atoms with van der Waals surface area (Å²) in [5.74, 6) is -1.74. The summed E-state index contributed by atoms with van der Waals surface area (Å²) in [4.78, 5) is 0. The van der Waals surface area contributed by atoms with Crippen molar-refractivity contribution in [2.75, 3.05) is 0 Å². The molecule has 2 nitrogen and oxygen atoms in total. The standard InChI is InChI=1S/C16H27BrF2N2/c1-4-6-8-9-10-12-16(3,11-7-5-2)21-15(19)13(18)14(17)20-21/h4-12H2,1-3H3. The van der Waals surface area contributed by atoms with Gasteiger partial charge in [0.1, 0.15) is 0 Å². The van der Waals surface area contributed by atoms with Gasteiger partial charge in [-0.3, -0.25) is 0 Å². The molecule has 0 aromatic carbocycles. The Balaban J connectivity index is 2.79. The van der Waals surface area contributed by atoms with E-state index in [1.54, 1.807) is 0 Å². The minimum atomic E-state index is -0.885. The lowest BCUT2D eigenvalue weighted by Crippen LogP contribution is -2.32. The Morgan fingerprint density at radius 3 is 2.10 bits per heavy atom. The van der Waals surface area contributed by atoms with Gasteiger partial charge in [-0.05, 0) is 35.7 Å². The van der Waals surface area contributed by atoms with E-state index in [0.717, 1.165) is 38.5 Å². The van der Waals surface area contributed by atoms with Crippen LogP contribution in [0, 0.1) is 11.8 Å². The summed E-state index contributed by atoms with van der Waals surface area (Å²) < 4.78 is 28.9. The Morgan fingerprint density at radius 1 is 1.00 bits per heavy atom. The molecule has 1 aromatic heterocycles. The quantitative estimate of drug-likeness (QED) is 0.452. The van der Waals surface area contributed by atoms with Gasteiger partial charge in [-0.1, -0.05) is 58.8 Å². The monoisotopic (exact) mass is 364 g/mol. The van der Waals surface area contributed by atoms with E-state index in [0.29, 0.717) is 0 Å². The average Bonchev–Trinajstić information content (AvgIpc) is 2.73. The fourth-order valence-corrected chi connectivity index (χ4v) is 3.04. The molecule has 0 amide bonds. The summed E-state index contributed by atoms with van der Waals surface area (Å²) in [6.45, 7) is 6.28. The second-order valence-electron chi connectivity index (χ2n) is 6.07. The van der Waals surface area contributed by atoms with Crippen LogP contribution in [-0.2, 0) is 5.54 Å². The zero-order valence-electron chi connectivity index (χ0n) is 13.4. The van der Waals surface area contributed by atoms with Gasteiger partial charge in [-0.15, -0.1) is 0 Å². The lowest BCUT2D eigenvalue weighted by Gasteiger charge is -2.30. The largest absolute Gasteiger partial charge is 0.249 e. The Hall–Kier alpha value is -0.450. The third-order valence-electron chi connectivity index (χ3n) is 4.14. The highest BCUT2D eigenvalue weighted by atomic mass is 79.9. The van der Waals surface area contributed by atoms with Gasteiger partial charge < -0.3 is 0 Å². The van der Waals surface area contributed by atoms with Crippen molar-refractivity contribution in [1.29, 1.82) is 0 Å². The van der Waals surface area contributed by atoms with Crippen LogP contribution in [-0.4, -0.2) is 9.78 Å². The first-order valence-electron chi connectivity index (χ1n) is 8.06. The van der Waals surface area contributed by atoms with Crippen LogP contribution in [0.4, 0.5) is 8.78 Å². The van der Waals surface area contributed by atoms with Crippen LogP contribution in [0.1, 0.15) is 78.6 Å². The highest BCUT2D eigenvalue weighted by Gasteiger charge is 2.32. The van der Waals surface area contributed by atoms with Crippen LogP contribution in [0.2, 0.25) is 0 Å². The predicted octanol–water partition coefficient (Wildman–Crippen LogP) is 6.19. The van der Waals surface area contributed by atoms with Crippen molar-refractivity contribution in [2.24, 2.45) is 0 Å². The molecule has 5 heteroatoms. The highest BCUT2D eigenvalue weighted by Crippen LogP contribution is 2.32. The molecule has 0 radical (unpaired) electrons. The Bertz CT molecular complexity index is 434. The molecule has 21 heavy (non-hydrogen) atoms. The zero-order valence-corrected chi connectivity index (χ0v) is 15.0. The third-order valence-corrected chi connectivity index (χ3v) is 4.64. The molecular formula is C16H27BrF2N2. The van der Waals surface area contributed by atoms with Crippen molar-refractivity contribution < 1.29 is 8.78 Å². The van der Waals surface area contributed by atoms with Crippen molar-refractivity contribution in [3.8, 4) is 0 Å². The molecule has 0 N–H and O–H groups in total. The minimum absolute atomic E-state index is 0.0336. The van der Waals surface area contributed by atoms with Crippen LogP contribution in [0.3, 0.4) is 0 Å². The van der Waals surface area contributed by atoms with Crippen LogP contribution in [0.25, 0.3) is 0 Å². The molecule has 122 valence electrons. The number of aromatic nitrogens is 2. The van der Waals surface area contributed by atoms with Crippen molar-refractivity contribution in [2.45, 2.75) is 84.1 Å². The van der Waals surface area contributed by atoms with E-state index in [9.17, 15) is 8.78 Å². The minimum Gasteiger partial charge on any atom is -0.230 e. The number of unbranched alkanes of at least 4 members (excludes halogenated alkanes) is 5. The number of halogens is 3. The molecule has 1 unspecified atom stereocenters. The lowest BCUT2D eigenvalue weighted by molar-refractivity contribution is 0.196. The maximum absolute atomic E-state index is 14.1. The first-order chi connectivity index (χ1) is 9.96. The Labute approximate surface area is 135 Å². The van der Waals surface area contributed by atoms with Crippen LogP contribution >= 0.6 is 15.9 Å². The zero-order chi connectivity index (χ0) is 15.9. The van der Waals surface area contributed by atoms with Gasteiger partial charge in [0.05, 0.1) is 5.54 Å². The second-order valence-corrected chi connectivity index (χ2v) is 6.82. The Morgan fingerprint density at radius 2 is 1.57 bits per heavy atom. The van der Waals surface area contributed by atoms with Crippen molar-refractivity contribution in [3.05, 3.63) is 16.4 Å². The molecular weight excluding hydrogens is 338 g/mol. The van der Waals surface area contributed by atoms with Crippen LogP contribution in [0.15, 0.2) is 4.60 Å². The molecule has 0 fully saturated rings. The molecule has 0 saturated carbocycles. The second kappa shape index (κ2) is 8.86. The summed E-state index contributed by atoms with van der Waals surface area (Å²) >= 11 is 2.98. The summed E-state index contributed by atoms with van der Waals surface area (Å²) in [6, 6.07) is 0. The molecule has 1 aromatic rings. The van der Waals surface area contributed by atoms with Crippen molar-refractivity contribution in [3.63, 3.8) is 0 Å². The smallest absolute Gasteiger partial charge is 0.230 e. The molecule has 0 bridgehead atoms. The van der Waals surface area contributed by atoms with E-state index in [4.69, 9.17) is 0 Å². The number of hydrogen-bond acceptors (Lipinski definition) is 1. The maximum Gasteiger partial charge on any atom is 0.249 e. The number of nitrogens with zero attached hydrogens (tertiary/aromatic N) is 2. The maximum atomic E-state index is 14.1. The van der Waals surface area contributed by atoms with E-state index in [1.165, 1.54) is 23.9 Å². The van der Waals surface area contributed by atoms with Crippen molar-refractivity contribution >= 4 is 15.9 Å².